The van der Waals surface area contributed by atoms with Crippen molar-refractivity contribution in [3.05, 3.63) is 0 Å². The van der Waals surface area contributed by atoms with Gasteiger partial charge in [-0.05, 0) is 25.7 Å². The van der Waals surface area contributed by atoms with Gasteiger partial charge in [-0.15, -0.1) is 0 Å². The Kier molecular flexibility index (Phi) is 5.73. The van der Waals surface area contributed by atoms with E-state index in [-0.39, 0.29) is 13.2 Å². The van der Waals surface area contributed by atoms with E-state index in [0.717, 1.165) is 12.3 Å². The number of aliphatic hydroxyl groups is 2. The molecule has 1 aliphatic rings. The van der Waals surface area contributed by atoms with Crippen LogP contribution in [0.1, 0.15) is 52.4 Å². The molecule has 0 radical (unpaired) electrons. The highest BCUT2D eigenvalue weighted by Crippen LogP contribution is 2.29. The van der Waals surface area contributed by atoms with Gasteiger partial charge in [0.25, 0.3) is 0 Å². The zero-order valence-electron chi connectivity index (χ0n) is 10.7. The first kappa shape index (κ1) is 13.9. The third-order valence-corrected chi connectivity index (χ3v) is 4.00. The van der Waals surface area contributed by atoms with Crippen LogP contribution in [0.5, 0.6) is 0 Å². The lowest BCUT2D eigenvalue weighted by Gasteiger charge is -2.34. The van der Waals surface area contributed by atoms with E-state index in [9.17, 15) is 10.2 Å². The van der Waals surface area contributed by atoms with Crippen LogP contribution in [-0.2, 0) is 0 Å². The standard InChI is InChI=1S/C13H27NO2/c1-3-13(9-15,10-16)14-11(2)8-12-6-4-5-7-12/h11-12,14-16H,3-10H2,1-2H3. The Labute approximate surface area is 99.3 Å². The molecule has 1 unspecified atom stereocenters. The molecular formula is C13H27NO2. The maximum absolute atomic E-state index is 9.36. The van der Waals surface area contributed by atoms with Crippen molar-refractivity contribution in [2.24, 2.45) is 5.92 Å². The summed E-state index contributed by atoms with van der Waals surface area (Å²) in [6, 6.07) is 0.377. The van der Waals surface area contributed by atoms with E-state index < -0.39 is 5.54 Å². The van der Waals surface area contributed by atoms with Gasteiger partial charge in [0.15, 0.2) is 0 Å². The van der Waals surface area contributed by atoms with Crippen LogP contribution < -0.4 is 5.32 Å². The fraction of sp³-hybridized carbons (Fsp3) is 1.00. The van der Waals surface area contributed by atoms with Crippen molar-refractivity contribution in [1.29, 1.82) is 0 Å². The molecule has 1 fully saturated rings. The van der Waals surface area contributed by atoms with Crippen LogP contribution in [0.15, 0.2) is 0 Å². The third-order valence-electron chi connectivity index (χ3n) is 4.00. The van der Waals surface area contributed by atoms with Crippen LogP contribution in [0.25, 0.3) is 0 Å². The van der Waals surface area contributed by atoms with Gasteiger partial charge in [-0.1, -0.05) is 32.6 Å². The average Bonchev–Trinajstić information content (AvgIpc) is 2.79. The number of hydrogen-bond acceptors (Lipinski definition) is 3. The summed E-state index contributed by atoms with van der Waals surface area (Å²) in [5.74, 6) is 0.842. The highest BCUT2D eigenvalue weighted by atomic mass is 16.3. The van der Waals surface area contributed by atoms with Gasteiger partial charge in [0, 0.05) is 6.04 Å². The van der Waals surface area contributed by atoms with Gasteiger partial charge in [0.2, 0.25) is 0 Å². The molecule has 0 heterocycles. The van der Waals surface area contributed by atoms with E-state index in [1.165, 1.54) is 32.1 Å². The quantitative estimate of drug-likeness (QED) is 0.622. The summed E-state index contributed by atoms with van der Waals surface area (Å²) >= 11 is 0. The van der Waals surface area contributed by atoms with Gasteiger partial charge < -0.3 is 15.5 Å². The van der Waals surface area contributed by atoms with E-state index in [1.807, 2.05) is 6.92 Å². The molecule has 0 aromatic carbocycles. The van der Waals surface area contributed by atoms with Crippen LogP contribution >= 0.6 is 0 Å². The smallest absolute Gasteiger partial charge is 0.0647 e. The summed E-state index contributed by atoms with van der Waals surface area (Å²) in [4.78, 5) is 0. The Morgan fingerprint density at radius 3 is 2.25 bits per heavy atom. The summed E-state index contributed by atoms with van der Waals surface area (Å²) < 4.78 is 0. The summed E-state index contributed by atoms with van der Waals surface area (Å²) in [5, 5.41) is 22.1. The van der Waals surface area contributed by atoms with Crippen molar-refractivity contribution in [2.75, 3.05) is 13.2 Å². The summed E-state index contributed by atoms with van der Waals surface area (Å²) in [6.07, 6.45) is 7.37. The van der Waals surface area contributed by atoms with E-state index >= 15 is 0 Å². The Morgan fingerprint density at radius 1 is 1.25 bits per heavy atom. The van der Waals surface area contributed by atoms with E-state index in [2.05, 4.69) is 12.2 Å². The molecule has 3 heteroatoms. The van der Waals surface area contributed by atoms with Gasteiger partial charge >= 0.3 is 0 Å². The lowest BCUT2D eigenvalue weighted by Crippen LogP contribution is -2.54. The Balaban J connectivity index is 2.38. The van der Waals surface area contributed by atoms with Crippen molar-refractivity contribution in [1.82, 2.24) is 5.32 Å². The van der Waals surface area contributed by atoms with E-state index in [4.69, 9.17) is 0 Å². The van der Waals surface area contributed by atoms with Gasteiger partial charge in [-0.3, -0.25) is 0 Å². The molecule has 0 saturated heterocycles. The topological polar surface area (TPSA) is 52.5 Å². The summed E-state index contributed by atoms with van der Waals surface area (Å²) in [5.41, 5.74) is -0.488. The normalized spacial score (nSPS) is 20.2. The van der Waals surface area contributed by atoms with E-state index in [1.54, 1.807) is 0 Å². The molecule has 1 atom stereocenters. The molecule has 0 aromatic rings. The first-order valence-electron chi connectivity index (χ1n) is 6.65. The molecule has 1 aliphatic carbocycles. The molecule has 0 aliphatic heterocycles. The predicted molar refractivity (Wildman–Crippen MR) is 66.4 cm³/mol. The second kappa shape index (κ2) is 6.58. The van der Waals surface area contributed by atoms with E-state index in [0.29, 0.717) is 6.04 Å². The molecule has 1 saturated carbocycles. The second-order valence-electron chi connectivity index (χ2n) is 5.38. The zero-order chi connectivity index (χ0) is 12.0. The van der Waals surface area contributed by atoms with Crippen molar-refractivity contribution in [2.45, 2.75) is 64.0 Å². The molecular weight excluding hydrogens is 202 g/mol. The van der Waals surface area contributed by atoms with Gasteiger partial charge in [0.05, 0.1) is 18.8 Å². The minimum Gasteiger partial charge on any atom is -0.394 e. The molecule has 16 heavy (non-hydrogen) atoms. The van der Waals surface area contributed by atoms with Crippen LogP contribution in [0.2, 0.25) is 0 Å². The van der Waals surface area contributed by atoms with Crippen molar-refractivity contribution in [3.8, 4) is 0 Å². The maximum atomic E-state index is 9.36. The minimum absolute atomic E-state index is 0.00894. The number of nitrogens with one attached hydrogen (secondary N) is 1. The lowest BCUT2D eigenvalue weighted by atomic mass is 9.93. The number of rotatable bonds is 7. The van der Waals surface area contributed by atoms with Crippen LogP contribution in [0.4, 0.5) is 0 Å². The molecule has 1 rings (SSSR count). The monoisotopic (exact) mass is 229 g/mol. The molecule has 96 valence electrons. The molecule has 3 N–H and O–H groups in total. The van der Waals surface area contributed by atoms with Crippen LogP contribution in [0, 0.1) is 5.92 Å². The van der Waals surface area contributed by atoms with Crippen LogP contribution in [-0.4, -0.2) is 35.0 Å². The number of hydrogen-bond donors (Lipinski definition) is 3. The van der Waals surface area contributed by atoms with Gasteiger partial charge in [0.1, 0.15) is 0 Å². The van der Waals surface area contributed by atoms with Crippen molar-refractivity contribution >= 4 is 0 Å². The van der Waals surface area contributed by atoms with Crippen LogP contribution in [0.3, 0.4) is 0 Å². The third kappa shape index (κ3) is 3.72. The molecule has 0 amide bonds. The Bertz CT molecular complexity index is 178. The summed E-state index contributed by atoms with van der Waals surface area (Å²) in [7, 11) is 0. The Hall–Kier alpha value is -0.120. The maximum Gasteiger partial charge on any atom is 0.0647 e. The average molecular weight is 229 g/mol. The first-order valence-corrected chi connectivity index (χ1v) is 6.65. The first-order chi connectivity index (χ1) is 7.65. The fourth-order valence-electron chi connectivity index (χ4n) is 2.79. The molecule has 3 nitrogen and oxygen atoms in total. The predicted octanol–water partition coefficient (Wildman–Crippen LogP) is 1.68. The highest BCUT2D eigenvalue weighted by molar-refractivity contribution is 4.88. The van der Waals surface area contributed by atoms with Crippen molar-refractivity contribution in [3.63, 3.8) is 0 Å². The lowest BCUT2D eigenvalue weighted by molar-refractivity contribution is 0.0764. The Morgan fingerprint density at radius 2 is 1.81 bits per heavy atom. The second-order valence-corrected chi connectivity index (χ2v) is 5.38. The molecule has 0 aromatic heterocycles. The fourth-order valence-corrected chi connectivity index (χ4v) is 2.79. The van der Waals surface area contributed by atoms with Crippen molar-refractivity contribution < 1.29 is 10.2 Å². The molecule has 0 spiro atoms. The largest absolute Gasteiger partial charge is 0.394 e. The van der Waals surface area contributed by atoms with Gasteiger partial charge in [-0.25, -0.2) is 0 Å². The minimum atomic E-state index is -0.488. The molecule has 0 bridgehead atoms. The SMILES string of the molecule is CCC(CO)(CO)NC(C)CC1CCCC1. The summed E-state index contributed by atoms with van der Waals surface area (Å²) in [6.45, 7) is 4.18. The number of aliphatic hydroxyl groups excluding tert-OH is 2. The van der Waals surface area contributed by atoms with Gasteiger partial charge in [-0.2, -0.15) is 0 Å². The zero-order valence-corrected chi connectivity index (χ0v) is 10.7. The highest BCUT2D eigenvalue weighted by Gasteiger charge is 2.29.